The van der Waals surface area contributed by atoms with E-state index in [9.17, 15) is 20.3 Å². The van der Waals surface area contributed by atoms with E-state index in [-0.39, 0.29) is 27.9 Å². The number of nitro groups is 1. The molecule has 0 spiro atoms. The van der Waals surface area contributed by atoms with Crippen LogP contribution in [0.25, 0.3) is 16.5 Å². The van der Waals surface area contributed by atoms with Gasteiger partial charge in [-0.15, -0.1) is 0 Å². The van der Waals surface area contributed by atoms with Gasteiger partial charge in [-0.2, -0.15) is 0 Å². The van der Waals surface area contributed by atoms with Gasteiger partial charge in [0.15, 0.2) is 0 Å². The zero-order valence-corrected chi connectivity index (χ0v) is 15.9. The minimum absolute atomic E-state index is 0.117. The smallest absolute Gasteiger partial charge is 0.278 e. The molecule has 144 valence electrons. The number of hydrogen-bond acceptors (Lipinski definition) is 5. The van der Waals surface area contributed by atoms with Crippen molar-refractivity contribution in [1.82, 2.24) is 4.57 Å². The Balaban J connectivity index is 1.87. The molecule has 1 aromatic heterocycles. The number of aromatic nitrogens is 1. The molecule has 0 saturated carbocycles. The van der Waals surface area contributed by atoms with Crippen molar-refractivity contribution in [2.75, 3.05) is 0 Å². The lowest BCUT2D eigenvalue weighted by Crippen LogP contribution is -2.17. The van der Waals surface area contributed by atoms with Crippen molar-refractivity contribution in [3.8, 4) is 17.4 Å². The minimum atomic E-state index is -0.675. The third-order valence-corrected chi connectivity index (χ3v) is 6.41. The van der Waals surface area contributed by atoms with E-state index in [4.69, 9.17) is 16.3 Å². The molecule has 1 fully saturated rings. The van der Waals surface area contributed by atoms with Crippen LogP contribution in [0.5, 0.6) is 11.8 Å². The van der Waals surface area contributed by atoms with Crippen LogP contribution in [0.3, 0.4) is 0 Å². The molecule has 2 aliphatic heterocycles. The Morgan fingerprint density at radius 3 is 2.29 bits per heavy atom. The van der Waals surface area contributed by atoms with Crippen LogP contribution >= 0.6 is 11.6 Å². The van der Waals surface area contributed by atoms with Gasteiger partial charge in [0.1, 0.15) is 0 Å². The molecule has 2 atom stereocenters. The van der Waals surface area contributed by atoms with Gasteiger partial charge in [-0.1, -0.05) is 23.7 Å². The Morgan fingerprint density at radius 1 is 1.11 bits per heavy atom. The highest BCUT2D eigenvalue weighted by Gasteiger charge is 2.59. The van der Waals surface area contributed by atoms with E-state index >= 15 is 0 Å². The molecule has 0 radical (unpaired) electrons. The van der Waals surface area contributed by atoms with Gasteiger partial charge < -0.3 is 14.9 Å². The predicted molar refractivity (Wildman–Crippen MR) is 103 cm³/mol. The number of aromatic hydroxyl groups is 2. The first-order valence-electron chi connectivity index (χ1n) is 8.92. The normalized spacial score (nSPS) is 25.4. The van der Waals surface area contributed by atoms with E-state index in [2.05, 4.69) is 0 Å². The first-order valence-corrected chi connectivity index (χ1v) is 9.29. The summed E-state index contributed by atoms with van der Waals surface area (Å²) < 4.78 is 7.45. The number of nitro benzene ring substituents is 1. The third-order valence-electron chi connectivity index (χ3n) is 6.09. The average molecular weight is 401 g/mol. The lowest BCUT2D eigenvalue weighted by Gasteiger charge is -2.21. The summed E-state index contributed by atoms with van der Waals surface area (Å²) in [5.41, 5.74) is 0.0833. The van der Waals surface area contributed by atoms with Gasteiger partial charge in [-0.3, -0.25) is 14.7 Å². The van der Waals surface area contributed by atoms with Crippen LogP contribution in [0.2, 0.25) is 5.02 Å². The maximum absolute atomic E-state index is 11.5. The Labute approximate surface area is 164 Å². The summed E-state index contributed by atoms with van der Waals surface area (Å²) >= 11 is 6.26. The molecule has 28 heavy (non-hydrogen) atoms. The van der Waals surface area contributed by atoms with Gasteiger partial charge in [0.05, 0.1) is 43.3 Å². The molecular formula is C20H17ClN2O5. The number of fused-ring (bicyclic) bond motifs is 6. The van der Waals surface area contributed by atoms with Gasteiger partial charge in [-0.05, 0) is 38.8 Å². The van der Waals surface area contributed by atoms with Crippen LogP contribution < -0.4 is 0 Å². The molecule has 3 heterocycles. The number of halogens is 1. The number of nitrogens with zero attached hydrogens (tertiary/aromatic N) is 2. The van der Waals surface area contributed by atoms with E-state index in [1.54, 1.807) is 18.2 Å². The molecule has 2 aliphatic rings. The number of benzene rings is 2. The van der Waals surface area contributed by atoms with Gasteiger partial charge in [0, 0.05) is 11.5 Å². The maximum atomic E-state index is 11.5. The van der Waals surface area contributed by atoms with Gasteiger partial charge in [0.2, 0.25) is 11.8 Å². The number of non-ortho nitro benzene ring substituents is 1. The second-order valence-corrected chi connectivity index (χ2v) is 8.23. The minimum Gasteiger partial charge on any atom is -0.494 e. The molecule has 2 bridgehead atoms. The summed E-state index contributed by atoms with van der Waals surface area (Å²) in [5, 5.41) is 34.5. The van der Waals surface area contributed by atoms with Crippen LogP contribution in [-0.2, 0) is 15.9 Å². The van der Waals surface area contributed by atoms with Crippen LogP contribution in [0.1, 0.15) is 37.8 Å². The monoisotopic (exact) mass is 400 g/mol. The lowest BCUT2D eigenvalue weighted by molar-refractivity contribution is -0.383. The zero-order chi connectivity index (χ0) is 20.0. The molecule has 1 saturated heterocycles. The van der Waals surface area contributed by atoms with Crippen molar-refractivity contribution in [2.45, 2.75) is 37.9 Å². The SMILES string of the molecule is C[C@]12CC[C@](C)(O1)c1c2c(O)n(-c2ccc([N+](=O)[O-])c3c(Cl)cccc23)c1O. The predicted octanol–water partition coefficient (Wildman–Crippen LogP) is 4.86. The highest BCUT2D eigenvalue weighted by molar-refractivity contribution is 6.36. The molecule has 5 rings (SSSR count). The van der Waals surface area contributed by atoms with E-state index in [1.165, 1.54) is 16.7 Å². The summed E-state index contributed by atoms with van der Waals surface area (Å²) in [5.74, 6) is -0.234. The first-order chi connectivity index (χ1) is 13.2. The van der Waals surface area contributed by atoms with E-state index in [1.807, 2.05) is 13.8 Å². The van der Waals surface area contributed by atoms with Crippen molar-refractivity contribution >= 4 is 28.1 Å². The Hall–Kier alpha value is -2.77. The molecule has 2 N–H and O–H groups in total. The molecule has 8 heteroatoms. The molecular weight excluding hydrogens is 384 g/mol. The third kappa shape index (κ3) is 1.92. The van der Waals surface area contributed by atoms with E-state index in [0.717, 1.165) is 12.8 Å². The summed E-state index contributed by atoms with van der Waals surface area (Å²) in [7, 11) is 0. The zero-order valence-electron chi connectivity index (χ0n) is 15.2. The molecule has 7 nitrogen and oxygen atoms in total. The van der Waals surface area contributed by atoms with Gasteiger partial charge in [-0.25, -0.2) is 0 Å². The van der Waals surface area contributed by atoms with Crippen molar-refractivity contribution in [2.24, 2.45) is 0 Å². The van der Waals surface area contributed by atoms with Gasteiger partial charge in [0.25, 0.3) is 5.69 Å². The molecule has 2 aromatic carbocycles. The molecule has 0 amide bonds. The maximum Gasteiger partial charge on any atom is 0.278 e. The quantitative estimate of drug-likeness (QED) is 0.473. The fraction of sp³-hybridized carbons (Fsp3) is 0.300. The number of hydrogen-bond donors (Lipinski definition) is 2. The Bertz CT molecular complexity index is 1160. The first kappa shape index (κ1) is 17.3. The molecule has 0 aliphatic carbocycles. The van der Waals surface area contributed by atoms with Crippen molar-refractivity contribution in [3.05, 3.63) is 56.6 Å². The van der Waals surface area contributed by atoms with Crippen LogP contribution in [0, 0.1) is 10.1 Å². The van der Waals surface area contributed by atoms with Crippen LogP contribution in [0.15, 0.2) is 30.3 Å². The van der Waals surface area contributed by atoms with E-state index in [0.29, 0.717) is 22.2 Å². The standard InChI is InChI=1S/C20H17ClN2O5/c1-19-8-9-20(2,28-19)16-15(19)17(24)22(18(16)25)12-6-7-13(23(26)27)14-10(12)4-3-5-11(14)21/h3-7,24-25H,8-9H2,1-2H3/t19-,20+. The summed E-state index contributed by atoms with van der Waals surface area (Å²) in [6.45, 7) is 3.80. The lowest BCUT2D eigenvalue weighted by atomic mass is 9.80. The van der Waals surface area contributed by atoms with Gasteiger partial charge >= 0.3 is 0 Å². The summed E-state index contributed by atoms with van der Waals surface area (Å²) in [4.78, 5) is 11.0. The summed E-state index contributed by atoms with van der Waals surface area (Å²) in [6, 6.07) is 7.79. The van der Waals surface area contributed by atoms with Crippen molar-refractivity contribution < 1.29 is 19.9 Å². The van der Waals surface area contributed by atoms with Crippen molar-refractivity contribution in [3.63, 3.8) is 0 Å². The Morgan fingerprint density at radius 2 is 1.71 bits per heavy atom. The fourth-order valence-corrected chi connectivity index (χ4v) is 5.15. The van der Waals surface area contributed by atoms with Crippen molar-refractivity contribution in [1.29, 1.82) is 0 Å². The number of rotatable bonds is 2. The van der Waals surface area contributed by atoms with Crippen LogP contribution in [-0.4, -0.2) is 19.7 Å². The summed E-state index contributed by atoms with van der Waals surface area (Å²) in [6.07, 6.45) is 1.47. The highest BCUT2D eigenvalue weighted by atomic mass is 35.5. The Kier molecular flexibility index (Phi) is 3.21. The topological polar surface area (TPSA) is 97.8 Å². The van der Waals surface area contributed by atoms with E-state index < -0.39 is 16.1 Å². The van der Waals surface area contributed by atoms with Crippen LogP contribution in [0.4, 0.5) is 5.69 Å². The second kappa shape index (κ2) is 5.18. The molecule has 0 unspecified atom stereocenters. The average Bonchev–Trinajstić information content (AvgIpc) is 3.18. The highest BCUT2D eigenvalue weighted by Crippen LogP contribution is 2.64. The largest absolute Gasteiger partial charge is 0.494 e. The number of ether oxygens (including phenoxy) is 1. The second-order valence-electron chi connectivity index (χ2n) is 7.82. The fourth-order valence-electron chi connectivity index (χ4n) is 4.88. The molecule has 3 aromatic rings.